The van der Waals surface area contributed by atoms with Gasteiger partial charge < -0.3 is 9.47 Å². The van der Waals surface area contributed by atoms with Crippen LogP contribution in [0.1, 0.15) is 16.7 Å². The van der Waals surface area contributed by atoms with E-state index < -0.39 is 10.8 Å². The van der Waals surface area contributed by atoms with Crippen molar-refractivity contribution in [3.8, 4) is 5.75 Å². The molecular formula is C16H14ClFO3S. The number of hydrogen-bond acceptors (Lipinski definition) is 3. The summed E-state index contributed by atoms with van der Waals surface area (Å²) in [5, 5.41) is 0.585. The summed E-state index contributed by atoms with van der Waals surface area (Å²) < 4.78 is 36.6. The molecule has 0 radical (unpaired) electrons. The number of halogens is 2. The van der Waals surface area contributed by atoms with Gasteiger partial charge in [0.15, 0.2) is 6.79 Å². The molecule has 2 aromatic rings. The van der Waals surface area contributed by atoms with Crippen molar-refractivity contribution in [2.45, 2.75) is 18.1 Å². The second-order valence-electron chi connectivity index (χ2n) is 4.98. The van der Waals surface area contributed by atoms with Gasteiger partial charge in [0.2, 0.25) is 0 Å². The van der Waals surface area contributed by atoms with E-state index in [1.807, 2.05) is 18.2 Å². The van der Waals surface area contributed by atoms with Gasteiger partial charge in [-0.25, -0.2) is 4.39 Å². The van der Waals surface area contributed by atoms with E-state index in [1.165, 1.54) is 12.1 Å². The van der Waals surface area contributed by atoms with Crippen molar-refractivity contribution in [1.82, 2.24) is 0 Å². The fraction of sp³-hybridized carbons (Fsp3) is 0.250. The second-order valence-corrected chi connectivity index (χ2v) is 6.85. The van der Waals surface area contributed by atoms with Crippen LogP contribution >= 0.6 is 11.6 Å². The average molecular weight is 341 g/mol. The highest BCUT2D eigenvalue weighted by molar-refractivity contribution is 7.83. The van der Waals surface area contributed by atoms with Crippen molar-refractivity contribution in [1.29, 1.82) is 0 Å². The molecule has 0 spiro atoms. The molecular weight excluding hydrogens is 327 g/mol. The van der Waals surface area contributed by atoms with Gasteiger partial charge in [0.1, 0.15) is 11.6 Å². The molecule has 116 valence electrons. The van der Waals surface area contributed by atoms with Crippen LogP contribution in [-0.4, -0.2) is 11.0 Å². The van der Waals surface area contributed by atoms with Crippen molar-refractivity contribution in [3.05, 3.63) is 63.9 Å². The molecule has 0 aliphatic carbocycles. The molecule has 6 heteroatoms. The monoisotopic (exact) mass is 340 g/mol. The fourth-order valence-electron chi connectivity index (χ4n) is 2.38. The standard InChI is InChI=1S/C16H14ClFO3S/c17-15-4-2-1-3-11(15)8-22(19)9-13-6-14(18)5-12-7-20-10-21-16(12)13/h1-6H,7-10H2/t22-/m1/s1. The van der Waals surface area contributed by atoms with Crippen molar-refractivity contribution in [3.63, 3.8) is 0 Å². The first-order valence-electron chi connectivity index (χ1n) is 6.73. The van der Waals surface area contributed by atoms with Gasteiger partial charge in [-0.3, -0.25) is 4.21 Å². The van der Waals surface area contributed by atoms with Crippen molar-refractivity contribution < 1.29 is 18.1 Å². The molecule has 0 bridgehead atoms. The molecule has 2 aromatic carbocycles. The van der Waals surface area contributed by atoms with E-state index in [9.17, 15) is 8.60 Å². The van der Waals surface area contributed by atoms with E-state index >= 15 is 0 Å². The van der Waals surface area contributed by atoms with E-state index in [4.69, 9.17) is 21.1 Å². The number of hydrogen-bond donors (Lipinski definition) is 0. The first kappa shape index (κ1) is 15.5. The summed E-state index contributed by atoms with van der Waals surface area (Å²) in [5.74, 6) is 0.741. The summed E-state index contributed by atoms with van der Waals surface area (Å²) in [6.45, 7) is 0.431. The van der Waals surface area contributed by atoms with Crippen molar-refractivity contribution >= 4 is 22.4 Å². The Morgan fingerprint density at radius 2 is 1.95 bits per heavy atom. The Kier molecular flexibility index (Phi) is 4.76. The molecule has 0 fully saturated rings. The maximum Gasteiger partial charge on any atom is 0.189 e. The first-order valence-corrected chi connectivity index (χ1v) is 8.60. The molecule has 0 unspecified atom stereocenters. The van der Waals surface area contributed by atoms with E-state index in [-0.39, 0.29) is 18.4 Å². The molecule has 0 aromatic heterocycles. The quantitative estimate of drug-likeness (QED) is 0.849. The van der Waals surface area contributed by atoms with Gasteiger partial charge in [0, 0.05) is 26.9 Å². The smallest absolute Gasteiger partial charge is 0.189 e. The summed E-state index contributed by atoms with van der Waals surface area (Å²) in [4.78, 5) is 0. The predicted molar refractivity (Wildman–Crippen MR) is 83.7 cm³/mol. The third-order valence-corrected chi connectivity index (χ3v) is 4.98. The molecule has 1 aliphatic rings. The Hall–Kier alpha value is -1.43. The largest absolute Gasteiger partial charge is 0.467 e. The van der Waals surface area contributed by atoms with Crippen LogP contribution in [0.25, 0.3) is 0 Å². The molecule has 1 heterocycles. The van der Waals surface area contributed by atoms with Gasteiger partial charge in [0.25, 0.3) is 0 Å². The van der Waals surface area contributed by atoms with Crippen LogP contribution in [-0.2, 0) is 33.6 Å². The third-order valence-electron chi connectivity index (χ3n) is 3.34. The van der Waals surface area contributed by atoms with Gasteiger partial charge >= 0.3 is 0 Å². The Morgan fingerprint density at radius 1 is 1.18 bits per heavy atom. The Balaban J connectivity index is 1.80. The lowest BCUT2D eigenvalue weighted by Crippen LogP contribution is -2.14. The summed E-state index contributed by atoms with van der Waals surface area (Å²) >= 11 is 6.08. The van der Waals surface area contributed by atoms with E-state index in [2.05, 4.69) is 0 Å². The zero-order chi connectivity index (χ0) is 15.5. The Morgan fingerprint density at radius 3 is 2.77 bits per heavy atom. The Labute approximate surface area is 135 Å². The number of ether oxygens (including phenoxy) is 2. The predicted octanol–water partition coefficient (Wildman–Crippen LogP) is 3.79. The normalized spacial score (nSPS) is 15.0. The molecule has 3 rings (SSSR count). The molecule has 1 aliphatic heterocycles. The van der Waals surface area contributed by atoms with E-state index in [1.54, 1.807) is 6.07 Å². The Bertz CT molecular complexity index is 721. The highest BCUT2D eigenvalue weighted by Crippen LogP contribution is 2.31. The fourth-order valence-corrected chi connectivity index (χ4v) is 3.92. The highest BCUT2D eigenvalue weighted by atomic mass is 35.5. The molecule has 0 saturated carbocycles. The van der Waals surface area contributed by atoms with E-state index in [0.717, 1.165) is 5.56 Å². The molecule has 0 amide bonds. The molecule has 3 nitrogen and oxygen atoms in total. The number of benzene rings is 2. The van der Waals surface area contributed by atoms with Gasteiger partial charge in [-0.15, -0.1) is 0 Å². The summed E-state index contributed by atoms with van der Waals surface area (Å²) in [5.41, 5.74) is 2.07. The van der Waals surface area contributed by atoms with Crippen molar-refractivity contribution in [2.75, 3.05) is 6.79 Å². The second kappa shape index (κ2) is 6.77. The molecule has 0 N–H and O–H groups in total. The lowest BCUT2D eigenvalue weighted by atomic mass is 10.1. The molecule has 1 atom stereocenters. The summed E-state index contributed by atoms with van der Waals surface area (Å²) in [6, 6.07) is 10.0. The number of rotatable bonds is 4. The topological polar surface area (TPSA) is 35.5 Å². The molecule has 0 saturated heterocycles. The summed E-state index contributed by atoms with van der Waals surface area (Å²) in [6.07, 6.45) is 0. The van der Waals surface area contributed by atoms with E-state index in [0.29, 0.717) is 34.3 Å². The average Bonchev–Trinajstić information content (AvgIpc) is 2.49. The van der Waals surface area contributed by atoms with Crippen LogP contribution < -0.4 is 4.74 Å². The first-order chi connectivity index (χ1) is 10.6. The minimum absolute atomic E-state index is 0.128. The van der Waals surface area contributed by atoms with Crippen LogP contribution in [0.15, 0.2) is 36.4 Å². The van der Waals surface area contributed by atoms with Gasteiger partial charge in [-0.1, -0.05) is 29.8 Å². The van der Waals surface area contributed by atoms with Crippen LogP contribution in [0.2, 0.25) is 5.02 Å². The lowest BCUT2D eigenvalue weighted by molar-refractivity contribution is -0.0171. The summed E-state index contributed by atoms with van der Waals surface area (Å²) in [7, 11) is -1.21. The van der Waals surface area contributed by atoms with Crippen LogP contribution in [0.5, 0.6) is 5.75 Å². The van der Waals surface area contributed by atoms with Gasteiger partial charge in [-0.2, -0.15) is 0 Å². The highest BCUT2D eigenvalue weighted by Gasteiger charge is 2.18. The van der Waals surface area contributed by atoms with Crippen LogP contribution in [0, 0.1) is 5.82 Å². The zero-order valence-corrected chi connectivity index (χ0v) is 13.3. The van der Waals surface area contributed by atoms with Gasteiger partial charge in [-0.05, 0) is 23.8 Å². The van der Waals surface area contributed by atoms with Crippen LogP contribution in [0.4, 0.5) is 4.39 Å². The zero-order valence-electron chi connectivity index (χ0n) is 11.7. The van der Waals surface area contributed by atoms with Gasteiger partial charge in [0.05, 0.1) is 18.1 Å². The van der Waals surface area contributed by atoms with Crippen LogP contribution in [0.3, 0.4) is 0 Å². The molecule has 22 heavy (non-hydrogen) atoms. The SMILES string of the molecule is O=[S@](Cc1ccccc1Cl)Cc1cc(F)cc2c1OCOC2. The minimum Gasteiger partial charge on any atom is -0.467 e. The maximum absolute atomic E-state index is 13.7. The van der Waals surface area contributed by atoms with Crippen molar-refractivity contribution in [2.24, 2.45) is 0 Å². The minimum atomic E-state index is -1.21. The third kappa shape index (κ3) is 3.48. The number of fused-ring (bicyclic) bond motifs is 1. The maximum atomic E-state index is 13.7. The lowest BCUT2D eigenvalue weighted by Gasteiger charge is -2.20.